The van der Waals surface area contributed by atoms with Gasteiger partial charge < -0.3 is 0 Å². The maximum absolute atomic E-state index is 13.0. The predicted molar refractivity (Wildman–Crippen MR) is 110 cm³/mol. The Morgan fingerprint density at radius 2 is 1.62 bits per heavy atom. The van der Waals surface area contributed by atoms with Gasteiger partial charge in [-0.15, -0.1) is 0 Å². The fourth-order valence-corrected chi connectivity index (χ4v) is 5.26. The second-order valence-corrected chi connectivity index (χ2v) is 8.26. The van der Waals surface area contributed by atoms with Gasteiger partial charge in [-0.1, -0.05) is 30.4 Å². The van der Waals surface area contributed by atoms with Crippen molar-refractivity contribution in [2.24, 2.45) is 23.7 Å². The van der Waals surface area contributed by atoms with E-state index >= 15 is 0 Å². The van der Waals surface area contributed by atoms with Crippen molar-refractivity contribution in [3.05, 3.63) is 66.4 Å². The number of carbonyl (C=O) groups excluding carboxylic acids is 2. The average molecular weight is 381 g/mol. The van der Waals surface area contributed by atoms with Crippen LogP contribution in [-0.2, 0) is 9.59 Å². The lowest BCUT2D eigenvalue weighted by Gasteiger charge is -2.17. The van der Waals surface area contributed by atoms with Crippen LogP contribution in [0.3, 0.4) is 0 Å². The van der Waals surface area contributed by atoms with Crippen molar-refractivity contribution in [1.29, 1.82) is 0 Å². The lowest BCUT2D eigenvalue weighted by Crippen LogP contribution is -2.32. The molecule has 2 fully saturated rings. The van der Waals surface area contributed by atoms with Gasteiger partial charge in [0.15, 0.2) is 5.82 Å². The van der Waals surface area contributed by atoms with Gasteiger partial charge in [0.1, 0.15) is 0 Å². The van der Waals surface area contributed by atoms with Crippen LogP contribution in [0, 0.1) is 30.6 Å². The smallest absolute Gasteiger partial charge is 0.238 e. The Morgan fingerprint density at radius 3 is 2.31 bits per heavy atom. The summed E-state index contributed by atoms with van der Waals surface area (Å²) in [7, 11) is 0. The fraction of sp³-hybridized carbons (Fsp3) is 0.250. The number of benzene rings is 2. The molecule has 3 aliphatic rings. The molecule has 2 heterocycles. The van der Waals surface area contributed by atoms with Gasteiger partial charge in [0, 0.05) is 17.1 Å². The van der Waals surface area contributed by atoms with Crippen molar-refractivity contribution < 1.29 is 9.59 Å². The molecule has 0 N–H and O–H groups in total. The zero-order valence-electron chi connectivity index (χ0n) is 15.9. The summed E-state index contributed by atoms with van der Waals surface area (Å²) in [4.78, 5) is 36.5. The minimum atomic E-state index is -0.177. The second-order valence-electron chi connectivity index (χ2n) is 8.26. The molecule has 1 saturated heterocycles. The minimum Gasteiger partial charge on any atom is -0.274 e. The number of para-hydroxylation sites is 1. The molecule has 5 nitrogen and oxygen atoms in total. The van der Waals surface area contributed by atoms with E-state index in [1.165, 1.54) is 4.90 Å². The quantitative estimate of drug-likeness (QED) is 0.499. The number of rotatable bonds is 2. The molecule has 2 aromatic carbocycles. The van der Waals surface area contributed by atoms with E-state index < -0.39 is 0 Å². The number of nitrogens with zero attached hydrogens (tertiary/aromatic N) is 3. The van der Waals surface area contributed by atoms with Crippen LogP contribution in [-0.4, -0.2) is 21.8 Å². The third kappa shape index (κ3) is 2.27. The average Bonchev–Trinajstić information content (AvgIpc) is 3.42. The van der Waals surface area contributed by atoms with Crippen LogP contribution in [0.5, 0.6) is 0 Å². The number of imide groups is 1. The van der Waals surface area contributed by atoms with E-state index in [2.05, 4.69) is 17.1 Å². The molecule has 1 saturated carbocycles. The highest BCUT2D eigenvalue weighted by atomic mass is 16.2. The van der Waals surface area contributed by atoms with Crippen LogP contribution >= 0.6 is 0 Å². The highest BCUT2D eigenvalue weighted by Crippen LogP contribution is 2.53. The van der Waals surface area contributed by atoms with Gasteiger partial charge >= 0.3 is 0 Å². The highest BCUT2D eigenvalue weighted by Gasteiger charge is 2.59. The third-order valence-electron chi connectivity index (χ3n) is 6.67. The first-order chi connectivity index (χ1) is 14.1. The van der Waals surface area contributed by atoms with E-state index in [4.69, 9.17) is 4.98 Å². The molecule has 1 unspecified atom stereocenters. The number of aryl methyl sites for hydroxylation is 1. The van der Waals surface area contributed by atoms with E-state index in [1.54, 1.807) is 0 Å². The standard InChI is InChI=1S/C24H19N3O2/c1-13-3-2-4-17-12-25-22(26-21(13)17)14-7-9-18(10-8-14)27-23(28)19-15-5-6-16(11-15)20(19)24(27)29/h2-10,12,15-16,19-20H,11H2,1H3/t15-,16?,19+,20-/m1/s1. The Morgan fingerprint density at radius 1 is 0.931 bits per heavy atom. The molecule has 6 rings (SSSR count). The summed E-state index contributed by atoms with van der Waals surface area (Å²) in [6, 6.07) is 13.5. The van der Waals surface area contributed by atoms with Crippen molar-refractivity contribution in [1.82, 2.24) is 9.97 Å². The zero-order chi connectivity index (χ0) is 19.7. The van der Waals surface area contributed by atoms with Crippen LogP contribution in [0.4, 0.5) is 5.69 Å². The first kappa shape index (κ1) is 16.6. The molecule has 1 aromatic heterocycles. The summed E-state index contributed by atoms with van der Waals surface area (Å²) in [5, 5.41) is 1.01. The van der Waals surface area contributed by atoms with Crippen molar-refractivity contribution in [2.45, 2.75) is 13.3 Å². The number of allylic oxidation sites excluding steroid dienone is 2. The molecule has 5 heteroatoms. The zero-order valence-corrected chi connectivity index (χ0v) is 15.9. The van der Waals surface area contributed by atoms with Gasteiger partial charge in [-0.3, -0.25) is 14.5 Å². The van der Waals surface area contributed by atoms with E-state index in [-0.39, 0.29) is 35.5 Å². The number of fused-ring (bicyclic) bond motifs is 6. The van der Waals surface area contributed by atoms with Gasteiger partial charge in [0.2, 0.25) is 11.8 Å². The van der Waals surface area contributed by atoms with E-state index in [0.29, 0.717) is 11.5 Å². The number of amides is 2. The van der Waals surface area contributed by atoms with E-state index in [0.717, 1.165) is 28.5 Å². The Balaban J connectivity index is 1.33. The lowest BCUT2D eigenvalue weighted by molar-refractivity contribution is -0.123. The lowest BCUT2D eigenvalue weighted by atomic mass is 9.85. The summed E-state index contributed by atoms with van der Waals surface area (Å²) in [6.45, 7) is 2.03. The molecule has 2 aliphatic carbocycles. The number of hydrogen-bond donors (Lipinski definition) is 0. The topological polar surface area (TPSA) is 63.2 Å². The molecule has 2 amide bonds. The summed E-state index contributed by atoms with van der Waals surface area (Å²) < 4.78 is 0. The molecule has 0 radical (unpaired) electrons. The summed E-state index contributed by atoms with van der Waals surface area (Å²) in [5.74, 6) is 0.619. The van der Waals surface area contributed by atoms with Crippen molar-refractivity contribution >= 4 is 28.4 Å². The Bertz CT molecular complexity index is 1180. The molecule has 29 heavy (non-hydrogen) atoms. The summed E-state index contributed by atoms with van der Waals surface area (Å²) in [5.41, 5.74) is 3.53. The maximum Gasteiger partial charge on any atom is 0.238 e. The normalized spacial score (nSPS) is 27.3. The van der Waals surface area contributed by atoms with Crippen molar-refractivity contribution in [3.63, 3.8) is 0 Å². The summed E-state index contributed by atoms with van der Waals surface area (Å²) >= 11 is 0. The number of anilines is 1. The van der Waals surface area contributed by atoms with Gasteiger partial charge in [0.05, 0.1) is 23.0 Å². The largest absolute Gasteiger partial charge is 0.274 e. The van der Waals surface area contributed by atoms with Crippen LogP contribution in [0.25, 0.3) is 22.3 Å². The van der Waals surface area contributed by atoms with Crippen LogP contribution in [0.15, 0.2) is 60.8 Å². The van der Waals surface area contributed by atoms with Gasteiger partial charge in [0.25, 0.3) is 0 Å². The van der Waals surface area contributed by atoms with Crippen LogP contribution < -0.4 is 4.90 Å². The first-order valence-electron chi connectivity index (χ1n) is 10.0. The first-order valence-corrected chi connectivity index (χ1v) is 10.0. The third-order valence-corrected chi connectivity index (χ3v) is 6.67. The Labute approximate surface area is 168 Å². The van der Waals surface area contributed by atoms with Crippen molar-refractivity contribution in [2.75, 3.05) is 4.90 Å². The SMILES string of the molecule is Cc1cccc2cnc(-c3ccc(N4C(=O)[C@H]5[C@@H]6C=CC(C6)[C@H]5C4=O)cc3)nc12. The van der Waals surface area contributed by atoms with E-state index in [1.807, 2.05) is 55.6 Å². The number of hydrogen-bond acceptors (Lipinski definition) is 4. The Kier molecular flexibility index (Phi) is 3.34. The maximum atomic E-state index is 13.0. The number of aromatic nitrogens is 2. The molecule has 1 aliphatic heterocycles. The second kappa shape index (κ2) is 5.83. The Hall–Kier alpha value is -3.34. The predicted octanol–water partition coefficient (Wildman–Crippen LogP) is 3.92. The van der Waals surface area contributed by atoms with Crippen molar-refractivity contribution in [3.8, 4) is 11.4 Å². The molecule has 0 spiro atoms. The van der Waals surface area contributed by atoms with Crippen LogP contribution in [0.2, 0.25) is 0 Å². The molecule has 142 valence electrons. The van der Waals surface area contributed by atoms with Gasteiger partial charge in [-0.2, -0.15) is 0 Å². The molecule has 3 aromatic rings. The van der Waals surface area contributed by atoms with Gasteiger partial charge in [-0.25, -0.2) is 9.97 Å². The molecule has 2 bridgehead atoms. The van der Waals surface area contributed by atoms with Crippen LogP contribution in [0.1, 0.15) is 12.0 Å². The van der Waals surface area contributed by atoms with E-state index in [9.17, 15) is 9.59 Å². The fourth-order valence-electron chi connectivity index (χ4n) is 5.26. The summed E-state index contributed by atoms with van der Waals surface area (Å²) in [6.07, 6.45) is 7.00. The van der Waals surface area contributed by atoms with Gasteiger partial charge in [-0.05, 0) is 55.0 Å². The molecule has 4 atom stereocenters. The minimum absolute atomic E-state index is 0.0535. The molecular formula is C24H19N3O2. The monoisotopic (exact) mass is 381 g/mol. The molecular weight excluding hydrogens is 362 g/mol. The number of carbonyl (C=O) groups is 2. The highest BCUT2D eigenvalue weighted by molar-refractivity contribution is 6.22.